The number of halogens is 3. The van der Waals surface area contributed by atoms with Crippen LogP contribution in [0, 0.1) is 109 Å². The predicted molar refractivity (Wildman–Crippen MR) is 317 cm³/mol. The minimum Gasteiger partial charge on any atom is -0.465 e. The summed E-state index contributed by atoms with van der Waals surface area (Å²) in [5, 5.41) is 9.33. The fourth-order valence-electron chi connectivity index (χ4n) is 16.0. The SMILES string of the molecule is CCC(C)(C)C(=O)OCC(=O)OC1C2CC3C1OC(=O)C3(C#N)C2.CCC(C)(C)C(=O)OCC(=O)OC1C2CC3C1OC(=O)C3C2C(F)(F)F.CCC(C)(C)C(=O)OCC(=O)OC1C2CCC3C(C2)C(=O)OC31.CCC(C)(C)C(=O)OCCCOC1C2CC3C(=O)OC1C3C2. The van der Waals surface area contributed by atoms with E-state index in [-0.39, 0.29) is 90.9 Å². The van der Waals surface area contributed by atoms with E-state index < -0.39 is 142 Å². The van der Waals surface area contributed by atoms with Gasteiger partial charge in [-0.2, -0.15) is 18.4 Å². The van der Waals surface area contributed by atoms with Gasteiger partial charge in [0.05, 0.1) is 70.7 Å². The third-order valence-corrected chi connectivity index (χ3v) is 23.2. The van der Waals surface area contributed by atoms with E-state index in [1.165, 1.54) is 0 Å². The molecule has 0 aromatic rings. The van der Waals surface area contributed by atoms with Crippen molar-refractivity contribution in [1.29, 1.82) is 5.26 Å². The van der Waals surface area contributed by atoms with Gasteiger partial charge in [-0.1, -0.05) is 27.7 Å². The number of carbonyl (C=O) groups is 11. The first-order valence-corrected chi connectivity index (χ1v) is 33.7. The Morgan fingerprint density at radius 2 is 0.947 bits per heavy atom. The van der Waals surface area contributed by atoms with Crippen LogP contribution in [-0.2, 0) is 110 Å². The number of carbonyl (C=O) groups excluding carboxylic acids is 11. The average molecular weight is 1350 g/mol. The normalized spacial score (nSPS) is 35.6. The second kappa shape index (κ2) is 27.7. The van der Waals surface area contributed by atoms with E-state index in [2.05, 4.69) is 6.07 Å². The highest BCUT2D eigenvalue weighted by molar-refractivity contribution is 5.85. The van der Waals surface area contributed by atoms with Gasteiger partial charge in [-0.15, -0.1) is 0 Å². The third kappa shape index (κ3) is 14.3. The van der Waals surface area contributed by atoms with Crippen molar-refractivity contribution in [2.75, 3.05) is 33.0 Å². The molecule has 528 valence electrons. The summed E-state index contributed by atoms with van der Waals surface area (Å²) in [4.78, 5) is 131. The molecule has 21 unspecified atom stereocenters. The maximum atomic E-state index is 13.4. The van der Waals surface area contributed by atoms with Gasteiger partial charge >= 0.3 is 71.8 Å². The molecular formula is C68H92F3NO23. The molecule has 13 rings (SSSR count). The molecule has 9 saturated carbocycles. The first-order valence-electron chi connectivity index (χ1n) is 33.7. The summed E-state index contributed by atoms with van der Waals surface area (Å²) in [5.41, 5.74) is -3.52. The summed E-state index contributed by atoms with van der Waals surface area (Å²) < 4.78 is 104. The predicted octanol–water partition coefficient (Wildman–Crippen LogP) is 7.77. The van der Waals surface area contributed by atoms with Gasteiger partial charge in [-0.3, -0.25) is 38.4 Å². The summed E-state index contributed by atoms with van der Waals surface area (Å²) >= 11 is 0. The molecular weight excluding hydrogens is 1260 g/mol. The zero-order valence-electron chi connectivity index (χ0n) is 56.2. The maximum absolute atomic E-state index is 13.4. The van der Waals surface area contributed by atoms with Crippen molar-refractivity contribution in [1.82, 2.24) is 0 Å². The highest BCUT2D eigenvalue weighted by atomic mass is 19.4. The van der Waals surface area contributed by atoms with Crippen molar-refractivity contribution < 1.29 is 123 Å². The fourth-order valence-corrected chi connectivity index (χ4v) is 16.0. The van der Waals surface area contributed by atoms with E-state index in [0.29, 0.717) is 63.6 Å². The van der Waals surface area contributed by atoms with Crippen LogP contribution in [0.25, 0.3) is 0 Å². The quantitative estimate of drug-likeness (QED) is 0.0567. The molecule has 13 fully saturated rings. The van der Waals surface area contributed by atoms with Gasteiger partial charge in [0.25, 0.3) is 0 Å². The van der Waals surface area contributed by atoms with Crippen LogP contribution in [0.2, 0.25) is 0 Å². The molecule has 27 heteroatoms. The monoisotopic (exact) mass is 1350 g/mol. The minimum absolute atomic E-state index is 0.0168. The number of nitrogens with zero attached hydrogens (tertiary/aromatic N) is 1. The second-order valence-electron chi connectivity index (χ2n) is 30.3. The highest BCUT2D eigenvalue weighted by Crippen LogP contribution is 2.64. The molecule has 4 saturated heterocycles. The molecule has 0 radical (unpaired) electrons. The zero-order valence-corrected chi connectivity index (χ0v) is 56.2. The largest absolute Gasteiger partial charge is 0.465 e. The van der Waals surface area contributed by atoms with Gasteiger partial charge in [0, 0.05) is 47.8 Å². The van der Waals surface area contributed by atoms with Crippen LogP contribution in [0.5, 0.6) is 0 Å². The number of nitriles is 1. The number of rotatable bonds is 22. The van der Waals surface area contributed by atoms with Gasteiger partial charge in [0.15, 0.2) is 25.2 Å². The van der Waals surface area contributed by atoms with Crippen LogP contribution in [0.15, 0.2) is 0 Å². The van der Waals surface area contributed by atoms with E-state index in [1.807, 2.05) is 34.6 Å². The molecule has 24 nitrogen and oxygen atoms in total. The van der Waals surface area contributed by atoms with Gasteiger partial charge in [-0.25, -0.2) is 14.4 Å². The van der Waals surface area contributed by atoms with Crippen molar-refractivity contribution in [3.63, 3.8) is 0 Å². The van der Waals surface area contributed by atoms with Crippen LogP contribution >= 0.6 is 0 Å². The summed E-state index contributed by atoms with van der Waals surface area (Å²) in [6.45, 7) is 21.1. The van der Waals surface area contributed by atoms with Crippen molar-refractivity contribution in [3.05, 3.63) is 0 Å². The Morgan fingerprint density at radius 1 is 0.495 bits per heavy atom. The lowest BCUT2D eigenvalue weighted by molar-refractivity contribution is -0.212. The standard InChI is InChI=1S/C17H21F3O6.C17H21NO6.C17H24O6.C17H26O5/c1-4-16(2,3)15(23)24-6-9(21)25-13-8-5-7-10(11(8)17(18,19)20)14(22)26-12(7)13;1-4-16(2,3)14(20)22-7-11(19)23-12-9-5-10-13(12)24-15(21)17(10,6-9)8-18;1-4-17(2,3)16(20)21-8-12(18)22-13-9-5-6-10-11(7-9)15(19)23-14(10)13;1-4-17(2,3)16(19)21-7-5-6-20-13-10-8-11-12(9-10)15(18)22-14(11)13/h7-8,10-13H,4-6H2,1-3H3;9-10,12-13H,4-7H2,1-3H3;9-11,13-14H,4-8H2,1-3H3;10-14H,4-9H2,1-3H3. The number of esters is 11. The smallest absolute Gasteiger partial charge is 0.393 e. The Bertz CT molecular complexity index is 3040. The van der Waals surface area contributed by atoms with Crippen LogP contribution < -0.4 is 0 Å². The number of alkyl halides is 3. The van der Waals surface area contributed by atoms with Crippen LogP contribution in [-0.4, -0.2) is 154 Å². The Morgan fingerprint density at radius 3 is 1.45 bits per heavy atom. The van der Waals surface area contributed by atoms with Crippen molar-refractivity contribution >= 4 is 65.7 Å². The lowest BCUT2D eigenvalue weighted by Crippen LogP contribution is -2.50. The molecule has 0 N–H and O–H groups in total. The topological polar surface area (TPSA) is 322 Å². The van der Waals surface area contributed by atoms with Crippen LogP contribution in [0.4, 0.5) is 13.2 Å². The molecule has 0 spiro atoms. The Hall–Kier alpha value is -6.59. The molecule has 0 amide bonds. The minimum atomic E-state index is -4.57. The molecule has 4 heterocycles. The van der Waals surface area contributed by atoms with Crippen molar-refractivity contribution in [2.24, 2.45) is 98.1 Å². The van der Waals surface area contributed by atoms with E-state index in [4.69, 9.17) is 56.8 Å². The highest BCUT2D eigenvalue weighted by Gasteiger charge is 2.74. The van der Waals surface area contributed by atoms with E-state index >= 15 is 0 Å². The van der Waals surface area contributed by atoms with Crippen molar-refractivity contribution in [3.8, 4) is 6.07 Å². The van der Waals surface area contributed by atoms with Crippen LogP contribution in [0.1, 0.15) is 167 Å². The maximum Gasteiger partial charge on any atom is 0.393 e. The second-order valence-corrected chi connectivity index (χ2v) is 30.3. The molecule has 0 aromatic heterocycles. The number of hydrogen-bond acceptors (Lipinski definition) is 24. The van der Waals surface area contributed by atoms with Crippen LogP contribution in [0.3, 0.4) is 0 Å². The van der Waals surface area contributed by atoms with Gasteiger partial charge in [0.2, 0.25) is 0 Å². The zero-order chi connectivity index (χ0) is 69.8. The Labute approximate surface area is 550 Å². The Kier molecular flexibility index (Phi) is 21.2. The third-order valence-electron chi connectivity index (χ3n) is 23.2. The fraction of sp³-hybridized carbons (Fsp3) is 0.824. The van der Waals surface area contributed by atoms with Gasteiger partial charge < -0.3 is 56.8 Å². The molecule has 0 aromatic carbocycles. The number of ether oxygens (including phenoxy) is 12. The van der Waals surface area contributed by atoms with Crippen molar-refractivity contribution in [2.45, 2.75) is 222 Å². The number of fused-ring (bicyclic) bond motifs is 4. The van der Waals surface area contributed by atoms with E-state index in [0.717, 1.165) is 38.5 Å². The molecule has 13 aliphatic rings. The molecule has 9 aliphatic carbocycles. The summed E-state index contributed by atoms with van der Waals surface area (Å²) in [6, 6.07) is 2.10. The first kappa shape index (κ1) is 72.7. The first-order chi connectivity index (χ1) is 44.5. The van der Waals surface area contributed by atoms with Gasteiger partial charge in [-0.05, 0) is 138 Å². The van der Waals surface area contributed by atoms with E-state index in [9.17, 15) is 71.2 Å². The van der Waals surface area contributed by atoms with E-state index in [1.54, 1.807) is 48.5 Å². The summed E-state index contributed by atoms with van der Waals surface area (Å²) in [5.74, 6) is -8.94. The number of hydrogen-bond donors (Lipinski definition) is 0. The molecule has 10 bridgehead atoms. The molecule has 4 aliphatic heterocycles. The average Bonchev–Trinajstić information content (AvgIpc) is 1.56. The summed E-state index contributed by atoms with van der Waals surface area (Å²) in [7, 11) is 0. The van der Waals surface area contributed by atoms with Gasteiger partial charge in [0.1, 0.15) is 42.7 Å². The lowest BCUT2D eigenvalue weighted by atomic mass is 9.63. The Balaban J connectivity index is 0.000000149. The lowest BCUT2D eigenvalue weighted by Gasteiger charge is -2.43. The molecule has 21 atom stereocenters. The summed E-state index contributed by atoms with van der Waals surface area (Å²) in [6.07, 6.45) is 0.603. The molecule has 95 heavy (non-hydrogen) atoms.